The number of benzene rings is 1. The van der Waals surface area contributed by atoms with E-state index in [1.807, 2.05) is 55.9 Å². The second kappa shape index (κ2) is 25.5. The quantitative estimate of drug-likeness (QED) is 0.0561. The summed E-state index contributed by atoms with van der Waals surface area (Å²) in [4.78, 5) is 23.9. The van der Waals surface area contributed by atoms with Gasteiger partial charge < -0.3 is 18.9 Å². The maximum absolute atomic E-state index is 13.2. The molecule has 4 atom stereocenters. The van der Waals surface area contributed by atoms with Gasteiger partial charge in [-0.3, -0.25) is 4.57 Å². The van der Waals surface area contributed by atoms with Crippen LogP contribution in [0.1, 0.15) is 142 Å². The third-order valence-electron chi connectivity index (χ3n) is 7.49. The maximum Gasteiger partial charge on any atom is 0.368 e. The molecule has 42 heavy (non-hydrogen) atoms. The van der Waals surface area contributed by atoms with Crippen molar-refractivity contribution in [2.75, 3.05) is 12.4 Å². The predicted octanol–water partition coefficient (Wildman–Crippen LogP) is 10.5. The van der Waals surface area contributed by atoms with Gasteiger partial charge in [-0.1, -0.05) is 141 Å². The summed E-state index contributed by atoms with van der Waals surface area (Å²) in [6.45, 7) is 8.34. The highest BCUT2D eigenvalue weighted by Crippen LogP contribution is 2.49. The summed E-state index contributed by atoms with van der Waals surface area (Å²) in [6, 6.07) is 9.29. The Labute approximate surface area is 262 Å². The first kappa shape index (κ1) is 39.2. The van der Waals surface area contributed by atoms with Crippen LogP contribution < -0.4 is 0 Å². The summed E-state index contributed by atoms with van der Waals surface area (Å²) in [5, 5.41) is 0.126. The van der Waals surface area contributed by atoms with Gasteiger partial charge in [0.1, 0.15) is 6.61 Å². The molecule has 0 saturated heterocycles. The molecule has 0 amide bonds. The molecule has 0 heterocycles. The fourth-order valence-corrected chi connectivity index (χ4v) is 7.48. The van der Waals surface area contributed by atoms with Crippen LogP contribution in [0.15, 0.2) is 30.3 Å². The van der Waals surface area contributed by atoms with Crippen molar-refractivity contribution in [2.24, 2.45) is 0 Å². The van der Waals surface area contributed by atoms with E-state index in [0.29, 0.717) is 6.42 Å². The van der Waals surface area contributed by atoms with E-state index >= 15 is 0 Å². The molecule has 1 rings (SSSR count). The zero-order valence-corrected chi connectivity index (χ0v) is 28.8. The molecular formula is C34H61O6PS. The highest BCUT2D eigenvalue weighted by Gasteiger charge is 2.43. The van der Waals surface area contributed by atoms with Crippen molar-refractivity contribution >= 4 is 25.3 Å². The van der Waals surface area contributed by atoms with Gasteiger partial charge >= 0.3 is 13.6 Å². The Hall–Kier alpha value is -0.850. The summed E-state index contributed by atoms with van der Waals surface area (Å²) in [5.41, 5.74) is 0.803. The van der Waals surface area contributed by atoms with E-state index in [2.05, 4.69) is 13.8 Å². The van der Waals surface area contributed by atoms with Gasteiger partial charge in [0.05, 0.1) is 12.7 Å². The topological polar surface area (TPSA) is 82.1 Å². The number of ether oxygens (including phenoxy) is 2. The summed E-state index contributed by atoms with van der Waals surface area (Å²) < 4.78 is 30.1. The number of carbonyl (C=O) groups excluding carboxylic acids is 1. The number of hydrogen-bond donors (Lipinski definition) is 1. The SMILES string of the molecule is CCCCCCCCCCSC(CCCCCCCCC)C(C)OC(C(=O)OCc1ccccc1)P(=O)(O)OCCC. The standard InChI is InChI=1S/C34H61O6PS/c1-5-8-10-12-14-16-18-23-28-42-32(26-22-17-15-13-11-9-6-2)30(4)40-34(41(36,37)39-27-7-3)33(35)38-29-31-24-20-19-21-25-31/h19-21,24-25,30,32,34H,5-18,22-23,26-29H2,1-4H3,(H,36,37). The molecule has 1 N–H and O–H groups in total. The summed E-state index contributed by atoms with van der Waals surface area (Å²) in [5.74, 6) is -1.49. The maximum atomic E-state index is 13.2. The molecule has 0 aliphatic rings. The summed E-state index contributed by atoms with van der Waals surface area (Å²) in [7, 11) is -4.40. The molecule has 1 aromatic rings. The molecule has 0 aliphatic heterocycles. The third kappa shape index (κ3) is 18.7. The van der Waals surface area contributed by atoms with E-state index in [-0.39, 0.29) is 18.5 Å². The zero-order chi connectivity index (χ0) is 30.9. The summed E-state index contributed by atoms with van der Waals surface area (Å²) in [6.07, 6.45) is 19.9. The van der Waals surface area contributed by atoms with Gasteiger partial charge in [-0.2, -0.15) is 11.8 Å². The van der Waals surface area contributed by atoms with Crippen molar-refractivity contribution in [3.8, 4) is 0 Å². The second-order valence-electron chi connectivity index (χ2n) is 11.5. The first-order chi connectivity index (χ1) is 20.4. The Bertz CT molecular complexity index is 824. The van der Waals surface area contributed by atoms with Crippen molar-refractivity contribution in [1.29, 1.82) is 0 Å². The molecule has 8 heteroatoms. The van der Waals surface area contributed by atoms with E-state index in [1.165, 1.54) is 83.5 Å². The highest BCUT2D eigenvalue weighted by molar-refractivity contribution is 7.99. The van der Waals surface area contributed by atoms with E-state index in [1.54, 1.807) is 0 Å². The smallest absolute Gasteiger partial charge is 0.368 e. The number of rotatable bonds is 28. The summed E-state index contributed by atoms with van der Waals surface area (Å²) >= 11 is 1.88. The normalized spacial score (nSPS) is 15.2. The Balaban J connectivity index is 2.79. The van der Waals surface area contributed by atoms with E-state index < -0.39 is 25.5 Å². The molecule has 6 nitrogen and oxygen atoms in total. The molecule has 0 saturated carbocycles. The number of thioether (sulfide) groups is 1. The molecule has 244 valence electrons. The van der Waals surface area contributed by atoms with E-state index in [0.717, 1.165) is 30.6 Å². The van der Waals surface area contributed by atoms with E-state index in [9.17, 15) is 14.3 Å². The van der Waals surface area contributed by atoms with Gasteiger partial charge in [-0.05, 0) is 37.5 Å². The Morgan fingerprint density at radius 3 is 1.93 bits per heavy atom. The number of esters is 1. The second-order valence-corrected chi connectivity index (χ2v) is 14.7. The number of carbonyl (C=O) groups is 1. The van der Waals surface area contributed by atoms with Crippen LogP contribution in [0.2, 0.25) is 0 Å². The molecule has 0 bridgehead atoms. The minimum atomic E-state index is -4.40. The van der Waals surface area contributed by atoms with Gasteiger partial charge in [0.2, 0.25) is 0 Å². The lowest BCUT2D eigenvalue weighted by molar-refractivity contribution is -0.156. The molecule has 1 aromatic carbocycles. The highest BCUT2D eigenvalue weighted by atomic mass is 32.2. The average molecular weight is 629 g/mol. The number of unbranched alkanes of at least 4 members (excludes halogenated alkanes) is 13. The molecule has 0 radical (unpaired) electrons. The molecule has 0 aliphatic carbocycles. The largest absolute Gasteiger partial charge is 0.458 e. The van der Waals surface area contributed by atoms with Crippen LogP contribution in [0.25, 0.3) is 0 Å². The third-order valence-corrected chi connectivity index (χ3v) is 10.5. The van der Waals surface area contributed by atoms with E-state index in [4.69, 9.17) is 14.0 Å². The first-order valence-electron chi connectivity index (χ1n) is 16.8. The van der Waals surface area contributed by atoms with Crippen LogP contribution in [0.5, 0.6) is 0 Å². The van der Waals surface area contributed by atoms with Crippen molar-refractivity contribution in [3.63, 3.8) is 0 Å². The predicted molar refractivity (Wildman–Crippen MR) is 178 cm³/mol. The lowest BCUT2D eigenvalue weighted by atomic mass is 10.1. The van der Waals surface area contributed by atoms with Crippen molar-refractivity contribution < 1.29 is 28.3 Å². The van der Waals surface area contributed by atoms with Crippen molar-refractivity contribution in [3.05, 3.63) is 35.9 Å². The lowest BCUT2D eigenvalue weighted by Crippen LogP contribution is -2.35. The Kier molecular flexibility index (Phi) is 23.8. The van der Waals surface area contributed by atoms with Crippen LogP contribution >= 0.6 is 19.4 Å². The molecular weight excluding hydrogens is 567 g/mol. The van der Waals surface area contributed by atoms with Crippen LogP contribution in [-0.2, 0) is 30.0 Å². The molecule has 0 aromatic heterocycles. The van der Waals surface area contributed by atoms with Gasteiger partial charge in [0.15, 0.2) is 0 Å². The van der Waals surface area contributed by atoms with Gasteiger partial charge in [0, 0.05) is 5.25 Å². The van der Waals surface area contributed by atoms with Crippen LogP contribution in [-0.4, -0.2) is 40.4 Å². The van der Waals surface area contributed by atoms with Gasteiger partial charge in [-0.15, -0.1) is 0 Å². The minimum absolute atomic E-state index is 0.0103. The molecule has 0 spiro atoms. The fraction of sp³-hybridized carbons (Fsp3) is 0.794. The van der Waals surface area contributed by atoms with Gasteiger partial charge in [-0.25, -0.2) is 4.79 Å². The van der Waals surface area contributed by atoms with Crippen LogP contribution in [0, 0.1) is 0 Å². The Morgan fingerprint density at radius 2 is 1.36 bits per heavy atom. The zero-order valence-electron chi connectivity index (χ0n) is 27.1. The Morgan fingerprint density at radius 1 is 0.810 bits per heavy atom. The van der Waals surface area contributed by atoms with Gasteiger partial charge in [0.25, 0.3) is 5.85 Å². The first-order valence-corrected chi connectivity index (χ1v) is 19.5. The van der Waals surface area contributed by atoms with Crippen molar-refractivity contribution in [2.45, 2.75) is 161 Å². The minimum Gasteiger partial charge on any atom is -0.458 e. The van der Waals surface area contributed by atoms with Crippen molar-refractivity contribution in [1.82, 2.24) is 0 Å². The van der Waals surface area contributed by atoms with Crippen LogP contribution in [0.4, 0.5) is 0 Å². The van der Waals surface area contributed by atoms with Crippen LogP contribution in [0.3, 0.4) is 0 Å². The molecule has 4 unspecified atom stereocenters. The fourth-order valence-electron chi connectivity index (χ4n) is 4.87. The monoisotopic (exact) mass is 628 g/mol. The average Bonchev–Trinajstić information content (AvgIpc) is 2.99. The lowest BCUT2D eigenvalue weighted by Gasteiger charge is -2.29. The number of hydrogen-bond acceptors (Lipinski definition) is 6. The molecule has 0 fully saturated rings.